The lowest BCUT2D eigenvalue weighted by atomic mass is 10.3. The number of rotatable bonds is 3. The van der Waals surface area contributed by atoms with Crippen LogP contribution in [0.3, 0.4) is 0 Å². The SMILES string of the molecule is COc1ccccc1-n1nc(C(=O)O)c(O)cc1=O. The summed E-state index contributed by atoms with van der Waals surface area (Å²) < 4.78 is 5.94. The molecule has 0 spiro atoms. The first-order valence-corrected chi connectivity index (χ1v) is 5.24. The van der Waals surface area contributed by atoms with E-state index in [0.717, 1.165) is 10.7 Å². The molecule has 0 atom stereocenters. The van der Waals surface area contributed by atoms with E-state index >= 15 is 0 Å². The number of hydrogen-bond donors (Lipinski definition) is 2. The first-order valence-electron chi connectivity index (χ1n) is 5.24. The number of nitrogens with zero attached hydrogens (tertiary/aromatic N) is 2. The molecule has 7 nitrogen and oxygen atoms in total. The first-order chi connectivity index (χ1) is 9.04. The summed E-state index contributed by atoms with van der Waals surface area (Å²) in [5.74, 6) is -1.75. The predicted octanol–water partition coefficient (Wildman–Crippen LogP) is 0.645. The van der Waals surface area contributed by atoms with Gasteiger partial charge in [-0.2, -0.15) is 9.78 Å². The summed E-state index contributed by atoms with van der Waals surface area (Å²) in [6.07, 6.45) is 0. The number of aromatic nitrogens is 2. The Labute approximate surface area is 107 Å². The zero-order valence-electron chi connectivity index (χ0n) is 9.90. The van der Waals surface area contributed by atoms with Gasteiger partial charge >= 0.3 is 5.97 Å². The van der Waals surface area contributed by atoms with Crippen LogP contribution in [0.1, 0.15) is 10.5 Å². The quantitative estimate of drug-likeness (QED) is 0.841. The van der Waals surface area contributed by atoms with Crippen LogP contribution in [-0.4, -0.2) is 33.1 Å². The van der Waals surface area contributed by atoms with Crippen molar-refractivity contribution in [2.45, 2.75) is 0 Å². The molecule has 0 amide bonds. The average Bonchev–Trinajstić information content (AvgIpc) is 2.38. The van der Waals surface area contributed by atoms with Gasteiger partial charge in [0.05, 0.1) is 7.11 Å². The highest BCUT2D eigenvalue weighted by atomic mass is 16.5. The summed E-state index contributed by atoms with van der Waals surface area (Å²) in [7, 11) is 1.42. The van der Waals surface area contributed by atoms with Crippen LogP contribution in [0, 0.1) is 0 Å². The van der Waals surface area contributed by atoms with E-state index in [2.05, 4.69) is 5.10 Å². The number of aromatic hydroxyl groups is 1. The second-order valence-electron chi connectivity index (χ2n) is 3.61. The van der Waals surface area contributed by atoms with Crippen molar-refractivity contribution in [3.8, 4) is 17.2 Å². The van der Waals surface area contributed by atoms with Gasteiger partial charge < -0.3 is 14.9 Å². The number of carboxylic acids is 1. The highest BCUT2D eigenvalue weighted by Gasteiger charge is 2.16. The Hall–Kier alpha value is -2.83. The van der Waals surface area contributed by atoms with E-state index in [1.165, 1.54) is 7.11 Å². The lowest BCUT2D eigenvalue weighted by Crippen LogP contribution is -2.23. The van der Waals surface area contributed by atoms with Crippen molar-refractivity contribution in [3.63, 3.8) is 0 Å². The summed E-state index contributed by atoms with van der Waals surface area (Å²) in [6, 6.07) is 7.31. The lowest BCUT2D eigenvalue weighted by Gasteiger charge is -2.10. The molecular formula is C12H10N2O5. The average molecular weight is 262 g/mol. The number of methoxy groups -OCH3 is 1. The maximum Gasteiger partial charge on any atom is 0.360 e. The molecule has 19 heavy (non-hydrogen) atoms. The molecule has 0 saturated heterocycles. The molecule has 98 valence electrons. The van der Waals surface area contributed by atoms with Crippen molar-refractivity contribution >= 4 is 5.97 Å². The first kappa shape index (κ1) is 12.6. The van der Waals surface area contributed by atoms with Gasteiger partial charge in [-0.05, 0) is 12.1 Å². The molecular weight excluding hydrogens is 252 g/mol. The van der Waals surface area contributed by atoms with Gasteiger partial charge in [0, 0.05) is 6.07 Å². The molecule has 0 radical (unpaired) electrons. The van der Waals surface area contributed by atoms with Crippen molar-refractivity contribution in [1.82, 2.24) is 9.78 Å². The van der Waals surface area contributed by atoms with E-state index in [4.69, 9.17) is 9.84 Å². The molecule has 1 aromatic heterocycles. The third-order valence-electron chi connectivity index (χ3n) is 2.43. The molecule has 0 unspecified atom stereocenters. The van der Waals surface area contributed by atoms with Gasteiger partial charge in [-0.1, -0.05) is 12.1 Å². The minimum Gasteiger partial charge on any atom is -0.505 e. The summed E-state index contributed by atoms with van der Waals surface area (Å²) in [5.41, 5.74) is -0.977. The molecule has 0 aliphatic carbocycles. The van der Waals surface area contributed by atoms with Crippen molar-refractivity contribution in [3.05, 3.63) is 46.4 Å². The Kier molecular flexibility index (Phi) is 3.19. The highest BCUT2D eigenvalue weighted by molar-refractivity contribution is 5.88. The van der Waals surface area contributed by atoms with Crippen LogP contribution in [-0.2, 0) is 0 Å². The second-order valence-corrected chi connectivity index (χ2v) is 3.61. The molecule has 0 fully saturated rings. The molecule has 2 rings (SSSR count). The lowest BCUT2D eigenvalue weighted by molar-refractivity contribution is 0.0684. The van der Waals surface area contributed by atoms with E-state index in [1.807, 2.05) is 0 Å². The van der Waals surface area contributed by atoms with Gasteiger partial charge in [0.25, 0.3) is 5.56 Å². The number of carbonyl (C=O) groups is 1. The summed E-state index contributed by atoms with van der Waals surface area (Å²) in [6.45, 7) is 0. The molecule has 0 aliphatic heterocycles. The molecule has 0 aliphatic rings. The van der Waals surface area contributed by atoms with Crippen molar-refractivity contribution < 1.29 is 19.7 Å². The van der Waals surface area contributed by atoms with Crippen LogP contribution >= 0.6 is 0 Å². The zero-order valence-corrected chi connectivity index (χ0v) is 9.90. The largest absolute Gasteiger partial charge is 0.505 e. The fourth-order valence-corrected chi connectivity index (χ4v) is 1.58. The number of ether oxygens (including phenoxy) is 1. The third-order valence-corrected chi connectivity index (χ3v) is 2.43. The standard InChI is InChI=1S/C12H10N2O5/c1-19-9-5-3-2-4-7(9)14-10(16)6-8(15)11(13-14)12(17)18/h2-6,15H,1H3,(H,17,18). The maximum atomic E-state index is 11.8. The van der Waals surface area contributed by atoms with E-state index in [1.54, 1.807) is 24.3 Å². The van der Waals surface area contributed by atoms with Gasteiger partial charge in [0.15, 0.2) is 5.75 Å². The summed E-state index contributed by atoms with van der Waals surface area (Å²) >= 11 is 0. The minimum absolute atomic E-state index is 0.289. The molecule has 1 heterocycles. The predicted molar refractivity (Wildman–Crippen MR) is 65.0 cm³/mol. The van der Waals surface area contributed by atoms with Crippen LogP contribution < -0.4 is 10.3 Å². The number of carboxylic acid groups (broad SMARTS) is 1. The van der Waals surface area contributed by atoms with Crippen molar-refractivity contribution in [2.24, 2.45) is 0 Å². The topological polar surface area (TPSA) is 102 Å². The molecule has 0 bridgehead atoms. The van der Waals surface area contributed by atoms with Crippen LogP contribution in [0.25, 0.3) is 5.69 Å². The Morgan fingerprint density at radius 1 is 1.37 bits per heavy atom. The second kappa shape index (κ2) is 4.81. The van der Waals surface area contributed by atoms with E-state index in [-0.39, 0.29) is 5.69 Å². The van der Waals surface area contributed by atoms with Gasteiger partial charge in [0.1, 0.15) is 11.4 Å². The van der Waals surface area contributed by atoms with Gasteiger partial charge in [-0.15, -0.1) is 0 Å². The van der Waals surface area contributed by atoms with E-state index in [9.17, 15) is 14.7 Å². The molecule has 1 aromatic carbocycles. The molecule has 2 N–H and O–H groups in total. The number of hydrogen-bond acceptors (Lipinski definition) is 5. The van der Waals surface area contributed by atoms with Gasteiger partial charge in [0.2, 0.25) is 5.69 Å². The Morgan fingerprint density at radius 2 is 2.05 bits per heavy atom. The smallest absolute Gasteiger partial charge is 0.360 e. The van der Waals surface area contributed by atoms with E-state index in [0.29, 0.717) is 5.75 Å². The number of aromatic carboxylic acids is 1. The Bertz CT molecular complexity index is 693. The van der Waals surface area contributed by atoms with E-state index < -0.39 is 23.0 Å². The summed E-state index contributed by atoms with van der Waals surface area (Å²) in [5, 5.41) is 21.9. The number of para-hydroxylation sites is 2. The molecule has 0 saturated carbocycles. The van der Waals surface area contributed by atoms with Crippen LogP contribution in [0.5, 0.6) is 11.5 Å². The molecule has 7 heteroatoms. The summed E-state index contributed by atoms with van der Waals surface area (Å²) in [4.78, 5) is 22.7. The maximum absolute atomic E-state index is 11.8. The van der Waals surface area contributed by atoms with Crippen LogP contribution in [0.15, 0.2) is 35.1 Å². The fraction of sp³-hybridized carbons (Fsp3) is 0.0833. The van der Waals surface area contributed by atoms with Crippen molar-refractivity contribution in [2.75, 3.05) is 7.11 Å². The Balaban J connectivity index is 2.72. The van der Waals surface area contributed by atoms with Crippen molar-refractivity contribution in [1.29, 1.82) is 0 Å². The Morgan fingerprint density at radius 3 is 2.68 bits per heavy atom. The monoisotopic (exact) mass is 262 g/mol. The third kappa shape index (κ3) is 2.25. The van der Waals surface area contributed by atoms with Crippen LogP contribution in [0.2, 0.25) is 0 Å². The van der Waals surface area contributed by atoms with Gasteiger partial charge in [-0.3, -0.25) is 4.79 Å². The normalized spacial score (nSPS) is 10.2. The zero-order chi connectivity index (χ0) is 14.0. The fourth-order valence-electron chi connectivity index (χ4n) is 1.58. The van der Waals surface area contributed by atoms with Crippen LogP contribution in [0.4, 0.5) is 0 Å². The minimum atomic E-state index is -1.43. The highest BCUT2D eigenvalue weighted by Crippen LogP contribution is 2.21. The molecule has 2 aromatic rings. The van der Waals surface area contributed by atoms with Gasteiger partial charge in [-0.25, -0.2) is 4.79 Å². The number of benzene rings is 1.